The molecular formula is C23H29Cl2N3O2. The van der Waals surface area contributed by atoms with Crippen molar-refractivity contribution in [2.24, 2.45) is 11.8 Å². The molecule has 2 N–H and O–H groups in total. The van der Waals surface area contributed by atoms with Crippen LogP contribution < -0.4 is 5.32 Å². The fourth-order valence-corrected chi connectivity index (χ4v) is 4.75. The minimum absolute atomic E-state index is 0.144. The van der Waals surface area contributed by atoms with Crippen LogP contribution in [0, 0.1) is 11.8 Å². The van der Waals surface area contributed by atoms with Gasteiger partial charge in [-0.25, -0.2) is 4.98 Å². The topological polar surface area (TPSA) is 67.3 Å². The average molecular weight is 450 g/mol. The van der Waals surface area contributed by atoms with E-state index in [9.17, 15) is 5.11 Å². The van der Waals surface area contributed by atoms with Crippen molar-refractivity contribution in [1.82, 2.24) is 9.97 Å². The molecule has 2 aromatic rings. The van der Waals surface area contributed by atoms with E-state index in [0.29, 0.717) is 27.6 Å². The van der Waals surface area contributed by atoms with Gasteiger partial charge in [-0.1, -0.05) is 23.2 Å². The zero-order valence-corrected chi connectivity index (χ0v) is 18.6. The number of pyridine rings is 2. The summed E-state index contributed by atoms with van der Waals surface area (Å²) in [5, 5.41) is 14.3. The van der Waals surface area contributed by atoms with Gasteiger partial charge >= 0.3 is 0 Å². The highest BCUT2D eigenvalue weighted by atomic mass is 35.5. The first kappa shape index (κ1) is 21.8. The smallest absolute Gasteiger partial charge is 0.126 e. The van der Waals surface area contributed by atoms with Crippen LogP contribution in [0.1, 0.15) is 44.2 Å². The maximum Gasteiger partial charge on any atom is 0.126 e. The standard InChI is InChI=1S/C23H29Cl2N3O2/c24-20-5-6-22(27-13-16-7-9-30-10-8-16)28-23(20)19-12-17(26-14-21(19)25)11-15-1-3-18(29)4-2-15/h5-6,12,14-16,18,29H,1-4,7-11,13H2,(H,27,28). The number of aliphatic hydroxyl groups is 1. The Labute approximate surface area is 188 Å². The molecule has 0 radical (unpaired) electrons. The lowest BCUT2D eigenvalue weighted by atomic mass is 9.84. The van der Waals surface area contributed by atoms with Gasteiger partial charge in [0.1, 0.15) is 5.82 Å². The van der Waals surface area contributed by atoms with Crippen LogP contribution >= 0.6 is 23.2 Å². The first-order valence-corrected chi connectivity index (χ1v) is 11.6. The number of nitrogens with zero attached hydrogens (tertiary/aromatic N) is 2. The SMILES string of the molecule is OC1CCC(Cc2cc(-c3nc(NCC4CCOCC4)ccc3Cl)c(Cl)cn2)CC1. The summed E-state index contributed by atoms with van der Waals surface area (Å²) in [4.78, 5) is 9.30. The molecule has 0 bridgehead atoms. The molecule has 0 atom stereocenters. The minimum atomic E-state index is -0.144. The number of aromatic nitrogens is 2. The van der Waals surface area contributed by atoms with Crippen LogP contribution in [-0.4, -0.2) is 40.9 Å². The molecule has 1 saturated carbocycles. The van der Waals surface area contributed by atoms with E-state index in [4.69, 9.17) is 32.9 Å². The summed E-state index contributed by atoms with van der Waals surface area (Å²) in [5.74, 6) is 1.95. The summed E-state index contributed by atoms with van der Waals surface area (Å²) < 4.78 is 5.43. The van der Waals surface area contributed by atoms with Crippen molar-refractivity contribution in [3.05, 3.63) is 40.1 Å². The van der Waals surface area contributed by atoms with E-state index >= 15 is 0 Å². The number of rotatable bonds is 6. The molecule has 0 spiro atoms. The summed E-state index contributed by atoms with van der Waals surface area (Å²) in [5.41, 5.74) is 2.49. The Hall–Kier alpha value is -1.40. The Bertz CT molecular complexity index is 850. The predicted octanol–water partition coefficient (Wildman–Crippen LogP) is 5.38. The van der Waals surface area contributed by atoms with Crippen molar-refractivity contribution in [1.29, 1.82) is 0 Å². The van der Waals surface area contributed by atoms with Crippen LogP contribution in [0.5, 0.6) is 0 Å². The number of hydrogen-bond donors (Lipinski definition) is 2. The molecule has 2 aromatic heterocycles. The molecule has 2 fully saturated rings. The molecule has 3 heterocycles. The quantitative estimate of drug-likeness (QED) is 0.619. The summed E-state index contributed by atoms with van der Waals surface area (Å²) in [6.07, 6.45) is 8.40. The third-order valence-corrected chi connectivity index (χ3v) is 6.85. The Morgan fingerprint density at radius 3 is 2.53 bits per heavy atom. The van der Waals surface area contributed by atoms with Gasteiger partial charge in [0, 0.05) is 37.2 Å². The van der Waals surface area contributed by atoms with Gasteiger partial charge in [0.05, 0.1) is 21.8 Å². The second-order valence-corrected chi connectivity index (χ2v) is 9.31. The highest BCUT2D eigenvalue weighted by molar-refractivity contribution is 6.36. The number of ether oxygens (including phenoxy) is 1. The van der Waals surface area contributed by atoms with Gasteiger partial charge in [-0.05, 0) is 75.0 Å². The molecule has 1 saturated heterocycles. The second-order valence-electron chi connectivity index (χ2n) is 8.50. The molecule has 7 heteroatoms. The highest BCUT2D eigenvalue weighted by Gasteiger charge is 2.21. The van der Waals surface area contributed by atoms with Crippen LogP contribution in [0.2, 0.25) is 10.0 Å². The van der Waals surface area contributed by atoms with Gasteiger partial charge in [-0.15, -0.1) is 0 Å². The zero-order chi connectivity index (χ0) is 20.9. The summed E-state index contributed by atoms with van der Waals surface area (Å²) in [7, 11) is 0. The first-order chi connectivity index (χ1) is 14.6. The van der Waals surface area contributed by atoms with E-state index in [0.717, 1.165) is 81.8 Å². The predicted molar refractivity (Wildman–Crippen MR) is 121 cm³/mol. The Morgan fingerprint density at radius 2 is 1.77 bits per heavy atom. The van der Waals surface area contributed by atoms with E-state index in [2.05, 4.69) is 10.3 Å². The number of nitrogens with one attached hydrogen (secondary N) is 1. The maximum absolute atomic E-state index is 9.74. The largest absolute Gasteiger partial charge is 0.393 e. The molecule has 2 aliphatic rings. The van der Waals surface area contributed by atoms with Crippen molar-refractivity contribution >= 4 is 29.0 Å². The third kappa shape index (κ3) is 5.64. The molecule has 5 nitrogen and oxygen atoms in total. The number of aliphatic hydroxyl groups excluding tert-OH is 1. The first-order valence-electron chi connectivity index (χ1n) is 10.9. The molecular weight excluding hydrogens is 421 g/mol. The molecule has 0 aromatic carbocycles. The minimum Gasteiger partial charge on any atom is -0.393 e. The monoisotopic (exact) mass is 449 g/mol. The zero-order valence-electron chi connectivity index (χ0n) is 17.1. The normalized spacial score (nSPS) is 22.8. The number of halogens is 2. The van der Waals surface area contributed by atoms with Gasteiger partial charge in [-0.2, -0.15) is 0 Å². The Kier molecular flexibility index (Phi) is 7.47. The Balaban J connectivity index is 1.49. The van der Waals surface area contributed by atoms with E-state index in [1.165, 1.54) is 0 Å². The van der Waals surface area contributed by atoms with E-state index < -0.39 is 0 Å². The van der Waals surface area contributed by atoms with Gasteiger partial charge in [0.25, 0.3) is 0 Å². The van der Waals surface area contributed by atoms with Crippen LogP contribution in [0.4, 0.5) is 5.82 Å². The van der Waals surface area contributed by atoms with E-state index in [1.54, 1.807) is 6.20 Å². The molecule has 4 rings (SSSR count). The molecule has 0 amide bonds. The number of hydrogen-bond acceptors (Lipinski definition) is 5. The van der Waals surface area contributed by atoms with Crippen LogP contribution in [0.25, 0.3) is 11.3 Å². The number of anilines is 1. The van der Waals surface area contributed by atoms with Crippen molar-refractivity contribution in [3.8, 4) is 11.3 Å². The summed E-state index contributed by atoms with van der Waals surface area (Å²) in [6.45, 7) is 2.54. The van der Waals surface area contributed by atoms with Crippen LogP contribution in [0.15, 0.2) is 24.4 Å². The summed E-state index contributed by atoms with van der Waals surface area (Å²) >= 11 is 13.0. The molecule has 1 aliphatic heterocycles. The van der Waals surface area contributed by atoms with Crippen LogP contribution in [0.3, 0.4) is 0 Å². The lowest BCUT2D eigenvalue weighted by molar-refractivity contribution is 0.0699. The molecule has 0 unspecified atom stereocenters. The molecule has 162 valence electrons. The van der Waals surface area contributed by atoms with Crippen LogP contribution in [-0.2, 0) is 11.2 Å². The summed E-state index contributed by atoms with van der Waals surface area (Å²) in [6, 6.07) is 5.80. The van der Waals surface area contributed by atoms with E-state index in [1.807, 2.05) is 18.2 Å². The lowest BCUT2D eigenvalue weighted by Crippen LogP contribution is -2.22. The average Bonchev–Trinajstić information content (AvgIpc) is 2.77. The fourth-order valence-electron chi connectivity index (χ4n) is 4.35. The fraction of sp³-hybridized carbons (Fsp3) is 0.565. The lowest BCUT2D eigenvalue weighted by Gasteiger charge is -2.25. The van der Waals surface area contributed by atoms with Gasteiger partial charge in [0.15, 0.2) is 0 Å². The van der Waals surface area contributed by atoms with Crippen molar-refractivity contribution in [2.45, 2.75) is 51.0 Å². The Morgan fingerprint density at radius 1 is 1.00 bits per heavy atom. The molecule has 30 heavy (non-hydrogen) atoms. The maximum atomic E-state index is 9.74. The van der Waals surface area contributed by atoms with Crippen molar-refractivity contribution < 1.29 is 9.84 Å². The van der Waals surface area contributed by atoms with Gasteiger partial charge in [0.2, 0.25) is 0 Å². The van der Waals surface area contributed by atoms with Gasteiger partial charge < -0.3 is 15.2 Å². The molecule has 1 aliphatic carbocycles. The third-order valence-electron chi connectivity index (χ3n) is 6.24. The van der Waals surface area contributed by atoms with Gasteiger partial charge in [-0.3, -0.25) is 4.98 Å². The van der Waals surface area contributed by atoms with E-state index in [-0.39, 0.29) is 6.10 Å². The van der Waals surface area contributed by atoms with Crippen molar-refractivity contribution in [2.75, 3.05) is 25.1 Å². The van der Waals surface area contributed by atoms with Crippen molar-refractivity contribution in [3.63, 3.8) is 0 Å². The second kappa shape index (κ2) is 10.3. The highest BCUT2D eigenvalue weighted by Crippen LogP contribution is 2.34.